The van der Waals surface area contributed by atoms with Crippen LogP contribution in [-0.2, 0) is 11.2 Å². The van der Waals surface area contributed by atoms with E-state index in [2.05, 4.69) is 0 Å². The van der Waals surface area contributed by atoms with Crippen LogP contribution in [0.5, 0.6) is 0 Å². The SMILES string of the molecule is COC1(C(N)Cc2cc(Cl)ccc2Cl)CCC1. The summed E-state index contributed by atoms with van der Waals surface area (Å²) in [7, 11) is 1.73. The van der Waals surface area contributed by atoms with E-state index in [4.69, 9.17) is 33.7 Å². The van der Waals surface area contributed by atoms with Gasteiger partial charge < -0.3 is 10.5 Å². The Morgan fingerprint density at radius 3 is 2.65 bits per heavy atom. The molecule has 1 aromatic carbocycles. The Morgan fingerprint density at radius 2 is 2.12 bits per heavy atom. The lowest BCUT2D eigenvalue weighted by molar-refractivity contribution is -0.0896. The highest BCUT2D eigenvalue weighted by molar-refractivity contribution is 6.33. The van der Waals surface area contributed by atoms with Crippen LogP contribution in [0.2, 0.25) is 10.0 Å². The van der Waals surface area contributed by atoms with Crippen molar-refractivity contribution in [3.05, 3.63) is 33.8 Å². The van der Waals surface area contributed by atoms with Crippen molar-refractivity contribution in [2.24, 2.45) is 5.73 Å². The Bertz CT molecular complexity index is 399. The van der Waals surface area contributed by atoms with Crippen molar-refractivity contribution in [1.82, 2.24) is 0 Å². The minimum Gasteiger partial charge on any atom is -0.377 e. The summed E-state index contributed by atoms with van der Waals surface area (Å²) in [4.78, 5) is 0. The van der Waals surface area contributed by atoms with E-state index >= 15 is 0 Å². The van der Waals surface area contributed by atoms with E-state index in [1.807, 2.05) is 12.1 Å². The number of hydrogen-bond acceptors (Lipinski definition) is 2. The Labute approximate surface area is 112 Å². The van der Waals surface area contributed by atoms with Gasteiger partial charge in [0.25, 0.3) is 0 Å². The molecule has 94 valence electrons. The summed E-state index contributed by atoms with van der Waals surface area (Å²) >= 11 is 12.1. The topological polar surface area (TPSA) is 35.2 Å². The van der Waals surface area contributed by atoms with Gasteiger partial charge in [0.15, 0.2) is 0 Å². The van der Waals surface area contributed by atoms with E-state index in [1.165, 1.54) is 6.42 Å². The lowest BCUT2D eigenvalue weighted by atomic mass is 9.73. The van der Waals surface area contributed by atoms with Gasteiger partial charge in [0, 0.05) is 23.2 Å². The van der Waals surface area contributed by atoms with Crippen LogP contribution in [0.3, 0.4) is 0 Å². The molecule has 1 saturated carbocycles. The van der Waals surface area contributed by atoms with Crippen molar-refractivity contribution in [2.45, 2.75) is 37.3 Å². The summed E-state index contributed by atoms with van der Waals surface area (Å²) in [5.41, 5.74) is 7.08. The summed E-state index contributed by atoms with van der Waals surface area (Å²) < 4.78 is 5.58. The van der Waals surface area contributed by atoms with Gasteiger partial charge in [0.05, 0.1) is 5.60 Å². The van der Waals surface area contributed by atoms with Gasteiger partial charge in [-0.05, 0) is 49.4 Å². The van der Waals surface area contributed by atoms with Crippen molar-refractivity contribution < 1.29 is 4.74 Å². The van der Waals surface area contributed by atoms with Crippen LogP contribution in [0.1, 0.15) is 24.8 Å². The molecule has 1 aliphatic rings. The summed E-state index contributed by atoms with van der Waals surface area (Å²) in [5, 5.41) is 1.41. The second-order valence-corrected chi connectivity index (χ2v) is 5.51. The van der Waals surface area contributed by atoms with Crippen molar-refractivity contribution in [2.75, 3.05) is 7.11 Å². The fourth-order valence-corrected chi connectivity index (χ4v) is 2.76. The predicted molar refractivity (Wildman–Crippen MR) is 71.7 cm³/mol. The molecule has 0 radical (unpaired) electrons. The zero-order chi connectivity index (χ0) is 12.5. The van der Waals surface area contributed by atoms with Crippen LogP contribution in [0.25, 0.3) is 0 Å². The summed E-state index contributed by atoms with van der Waals surface area (Å²) in [6.45, 7) is 0. The molecule has 4 heteroatoms. The molecule has 0 spiro atoms. The lowest BCUT2D eigenvalue weighted by Gasteiger charge is -2.45. The van der Waals surface area contributed by atoms with E-state index in [1.54, 1.807) is 13.2 Å². The molecule has 0 saturated heterocycles. The van der Waals surface area contributed by atoms with E-state index < -0.39 is 0 Å². The standard InChI is InChI=1S/C13H17Cl2NO/c1-17-13(5-2-6-13)12(16)8-9-7-10(14)3-4-11(9)15/h3-4,7,12H,2,5-6,8,16H2,1H3. The van der Waals surface area contributed by atoms with Crippen LogP contribution in [-0.4, -0.2) is 18.8 Å². The fourth-order valence-electron chi connectivity index (χ4n) is 2.37. The monoisotopic (exact) mass is 273 g/mol. The number of halogens is 2. The Morgan fingerprint density at radius 1 is 1.41 bits per heavy atom. The molecule has 0 amide bonds. The molecule has 17 heavy (non-hydrogen) atoms. The average Bonchev–Trinajstić information content (AvgIpc) is 2.23. The molecule has 2 rings (SSSR count). The molecule has 2 N–H and O–H groups in total. The van der Waals surface area contributed by atoms with Crippen LogP contribution in [0, 0.1) is 0 Å². The zero-order valence-corrected chi connectivity index (χ0v) is 11.4. The first kappa shape index (κ1) is 13.2. The normalized spacial score (nSPS) is 19.8. The average molecular weight is 274 g/mol. The summed E-state index contributed by atoms with van der Waals surface area (Å²) in [6, 6.07) is 5.45. The van der Waals surface area contributed by atoms with Crippen LogP contribution in [0.4, 0.5) is 0 Å². The number of methoxy groups -OCH3 is 1. The highest BCUT2D eigenvalue weighted by atomic mass is 35.5. The van der Waals surface area contributed by atoms with Gasteiger partial charge in [-0.1, -0.05) is 23.2 Å². The quantitative estimate of drug-likeness (QED) is 0.912. The van der Waals surface area contributed by atoms with E-state index in [-0.39, 0.29) is 11.6 Å². The molecule has 0 aromatic heterocycles. The number of rotatable bonds is 4. The molecule has 0 bridgehead atoms. The third kappa shape index (κ3) is 2.60. The molecule has 1 aromatic rings. The lowest BCUT2D eigenvalue weighted by Crippen LogP contribution is -2.55. The molecule has 0 heterocycles. The molecular weight excluding hydrogens is 257 g/mol. The van der Waals surface area contributed by atoms with Crippen molar-refractivity contribution in [1.29, 1.82) is 0 Å². The van der Waals surface area contributed by atoms with Crippen molar-refractivity contribution in [3.8, 4) is 0 Å². The Hall–Kier alpha value is -0.280. The summed E-state index contributed by atoms with van der Waals surface area (Å²) in [5.74, 6) is 0. The van der Waals surface area contributed by atoms with Crippen molar-refractivity contribution >= 4 is 23.2 Å². The van der Waals surface area contributed by atoms with Crippen LogP contribution < -0.4 is 5.73 Å². The Kier molecular flexibility index (Phi) is 3.99. The second kappa shape index (κ2) is 5.15. The smallest absolute Gasteiger partial charge is 0.0832 e. The highest BCUT2D eigenvalue weighted by Crippen LogP contribution is 2.38. The van der Waals surface area contributed by atoms with Gasteiger partial charge in [-0.2, -0.15) is 0 Å². The van der Waals surface area contributed by atoms with Gasteiger partial charge in [-0.25, -0.2) is 0 Å². The van der Waals surface area contributed by atoms with Crippen LogP contribution in [0.15, 0.2) is 18.2 Å². The fraction of sp³-hybridized carbons (Fsp3) is 0.538. The second-order valence-electron chi connectivity index (χ2n) is 4.67. The van der Waals surface area contributed by atoms with Gasteiger partial charge in [-0.3, -0.25) is 0 Å². The van der Waals surface area contributed by atoms with Gasteiger partial charge in [0.1, 0.15) is 0 Å². The van der Waals surface area contributed by atoms with Crippen LogP contribution >= 0.6 is 23.2 Å². The molecular formula is C13H17Cl2NO. The number of ether oxygens (including phenoxy) is 1. The van der Waals surface area contributed by atoms with Crippen molar-refractivity contribution in [3.63, 3.8) is 0 Å². The molecule has 1 fully saturated rings. The predicted octanol–water partition coefficient (Wildman–Crippen LogP) is 3.43. The first-order chi connectivity index (χ1) is 8.07. The van der Waals surface area contributed by atoms with Gasteiger partial charge in [-0.15, -0.1) is 0 Å². The van der Waals surface area contributed by atoms with E-state index in [0.717, 1.165) is 23.4 Å². The maximum atomic E-state index is 6.25. The minimum absolute atomic E-state index is 0.0304. The van der Waals surface area contributed by atoms with E-state index in [9.17, 15) is 0 Å². The van der Waals surface area contributed by atoms with Gasteiger partial charge >= 0.3 is 0 Å². The number of hydrogen-bond donors (Lipinski definition) is 1. The van der Waals surface area contributed by atoms with E-state index in [0.29, 0.717) is 11.4 Å². The minimum atomic E-state index is -0.161. The maximum Gasteiger partial charge on any atom is 0.0832 e. The first-order valence-corrected chi connectivity index (χ1v) is 6.58. The summed E-state index contributed by atoms with van der Waals surface area (Å²) in [6.07, 6.45) is 3.95. The largest absolute Gasteiger partial charge is 0.377 e. The molecule has 1 atom stereocenters. The molecule has 1 aliphatic carbocycles. The molecule has 0 aliphatic heterocycles. The zero-order valence-electron chi connectivity index (χ0n) is 9.88. The highest BCUT2D eigenvalue weighted by Gasteiger charge is 2.42. The third-order valence-electron chi connectivity index (χ3n) is 3.73. The molecule has 1 unspecified atom stereocenters. The third-order valence-corrected chi connectivity index (χ3v) is 4.33. The number of benzene rings is 1. The maximum absolute atomic E-state index is 6.25. The van der Waals surface area contributed by atoms with Gasteiger partial charge in [0.2, 0.25) is 0 Å². The number of nitrogens with two attached hydrogens (primary N) is 1. The molecule has 2 nitrogen and oxygen atoms in total. The Balaban J connectivity index is 2.12. The first-order valence-electron chi connectivity index (χ1n) is 5.82.